The molecule has 2 atom stereocenters. The van der Waals surface area contributed by atoms with Gasteiger partial charge in [0, 0.05) is 5.25 Å². The molecule has 4 nitrogen and oxygen atoms in total. The Morgan fingerprint density at radius 1 is 1.00 bits per heavy atom. The second kappa shape index (κ2) is 12.6. The minimum atomic E-state index is -4.13. The zero-order chi connectivity index (χ0) is 14.0. The summed E-state index contributed by atoms with van der Waals surface area (Å²) in [6.45, 7) is 3.76. The van der Waals surface area contributed by atoms with Crippen molar-refractivity contribution < 1.29 is 47.6 Å². The first-order chi connectivity index (χ1) is 8.38. The first kappa shape index (κ1) is 22.2. The molecule has 0 aliphatic carbocycles. The fourth-order valence-electron chi connectivity index (χ4n) is 2.03. The third-order valence-electron chi connectivity index (χ3n) is 3.19. The Morgan fingerprint density at radius 2 is 1.47 bits per heavy atom. The largest absolute Gasteiger partial charge is 1.00 e. The fraction of sp³-hybridized carbons (Fsp3) is 1.00. The normalized spacial score (nSPS) is 14.7. The molecule has 0 aromatic rings. The maximum Gasteiger partial charge on any atom is 1.00 e. The zero-order valence-electron chi connectivity index (χ0n) is 12.6. The number of hydrogen-bond acceptors (Lipinski definition) is 4. The van der Waals surface area contributed by atoms with Gasteiger partial charge < -0.3 is 9.66 Å². The van der Waals surface area contributed by atoms with E-state index in [-0.39, 0.29) is 35.7 Å². The van der Waals surface area contributed by atoms with Gasteiger partial charge in [-0.05, 0) is 26.2 Å². The van der Waals surface area contributed by atoms with E-state index in [1.165, 1.54) is 0 Å². The van der Waals surface area contributed by atoms with Crippen molar-refractivity contribution in [3.8, 4) is 0 Å². The summed E-state index contributed by atoms with van der Waals surface area (Å²) in [5.74, 6) is 0. The Balaban J connectivity index is 0. The number of aliphatic hydroxyl groups is 1. The number of unbranched alkanes of at least 4 members (excludes halogenated alkanes) is 4. The molecule has 0 aliphatic heterocycles. The van der Waals surface area contributed by atoms with E-state index >= 15 is 0 Å². The first-order valence-electron chi connectivity index (χ1n) is 7.00. The van der Waals surface area contributed by atoms with E-state index in [0.29, 0.717) is 12.8 Å². The van der Waals surface area contributed by atoms with Crippen molar-refractivity contribution >= 4 is 10.1 Å². The summed E-state index contributed by atoms with van der Waals surface area (Å²) in [6.07, 6.45) is 6.90. The molecule has 0 saturated heterocycles. The van der Waals surface area contributed by atoms with E-state index < -0.39 is 15.4 Å². The molecule has 0 aromatic heterocycles. The van der Waals surface area contributed by atoms with Crippen LogP contribution in [0.1, 0.15) is 71.6 Å². The predicted octanol–water partition coefficient (Wildman–Crippen LogP) is -0.184. The van der Waals surface area contributed by atoms with Gasteiger partial charge in [-0.1, -0.05) is 45.4 Å². The molecule has 19 heavy (non-hydrogen) atoms. The van der Waals surface area contributed by atoms with Crippen LogP contribution in [-0.2, 0) is 10.1 Å². The summed E-state index contributed by atoms with van der Waals surface area (Å²) in [5.41, 5.74) is 0. The van der Waals surface area contributed by atoms with Crippen molar-refractivity contribution in [1.82, 2.24) is 0 Å². The summed E-state index contributed by atoms with van der Waals surface area (Å²) in [7, 11) is -4.13. The molecule has 0 saturated carbocycles. The molecule has 6 heteroatoms. The van der Waals surface area contributed by atoms with Gasteiger partial charge in [0.05, 0.1) is 16.2 Å². The Hall–Kier alpha value is 0.870. The van der Waals surface area contributed by atoms with Gasteiger partial charge in [-0.3, -0.25) is 0 Å². The van der Waals surface area contributed by atoms with Gasteiger partial charge in [-0.25, -0.2) is 8.42 Å². The van der Waals surface area contributed by atoms with Crippen LogP contribution >= 0.6 is 0 Å². The molecule has 0 fully saturated rings. The molecule has 1 N–H and O–H groups in total. The Bertz CT molecular complexity index is 291. The second-order valence-electron chi connectivity index (χ2n) is 5.10. The van der Waals surface area contributed by atoms with Crippen LogP contribution in [0.15, 0.2) is 0 Å². The van der Waals surface area contributed by atoms with Crippen molar-refractivity contribution in [2.24, 2.45) is 0 Å². The maximum atomic E-state index is 11.1. The molecule has 110 valence electrons. The molecule has 0 rings (SSSR count). The summed E-state index contributed by atoms with van der Waals surface area (Å²) in [5, 5.41) is 8.38. The van der Waals surface area contributed by atoms with E-state index in [1.807, 2.05) is 6.92 Å². The molecule has 2 unspecified atom stereocenters. The average Bonchev–Trinajstić information content (AvgIpc) is 2.24. The fourth-order valence-corrected chi connectivity index (χ4v) is 2.94. The zero-order valence-corrected chi connectivity index (χ0v) is 15.4. The summed E-state index contributed by atoms with van der Waals surface area (Å²) >= 11 is 0. The van der Waals surface area contributed by atoms with Crippen LogP contribution in [0.5, 0.6) is 0 Å². The molecular weight excluding hydrogens is 275 g/mol. The number of rotatable bonds is 11. The third kappa shape index (κ3) is 13.6. The van der Waals surface area contributed by atoms with Crippen molar-refractivity contribution in [2.75, 3.05) is 0 Å². The van der Waals surface area contributed by atoms with Gasteiger partial charge in [-0.15, -0.1) is 0 Å². The van der Waals surface area contributed by atoms with E-state index in [1.54, 1.807) is 6.92 Å². The second-order valence-corrected chi connectivity index (χ2v) is 6.75. The van der Waals surface area contributed by atoms with Gasteiger partial charge in [0.25, 0.3) is 0 Å². The Labute approximate surface area is 140 Å². The molecule has 0 aliphatic rings. The van der Waals surface area contributed by atoms with Gasteiger partial charge in [0.1, 0.15) is 0 Å². The van der Waals surface area contributed by atoms with Crippen LogP contribution in [0.2, 0.25) is 0 Å². The van der Waals surface area contributed by atoms with Gasteiger partial charge in [0.2, 0.25) is 0 Å². The summed E-state index contributed by atoms with van der Waals surface area (Å²) in [4.78, 5) is 0. The topological polar surface area (TPSA) is 77.4 Å². The molecule has 0 heterocycles. The first-order valence-corrected chi connectivity index (χ1v) is 8.47. The van der Waals surface area contributed by atoms with E-state index in [2.05, 4.69) is 0 Å². The van der Waals surface area contributed by atoms with Crippen LogP contribution in [0.25, 0.3) is 0 Å². The smallest absolute Gasteiger partial charge is 0.748 e. The van der Waals surface area contributed by atoms with Crippen molar-refractivity contribution in [3.05, 3.63) is 0 Å². The quantitative estimate of drug-likeness (QED) is 0.326. The monoisotopic (exact) mass is 302 g/mol. The van der Waals surface area contributed by atoms with Gasteiger partial charge >= 0.3 is 29.6 Å². The molecule has 0 bridgehead atoms. The molecule has 0 radical (unpaired) electrons. The number of aliphatic hydroxyl groups excluding tert-OH is 1. The molecule has 0 aromatic carbocycles. The maximum absolute atomic E-state index is 11.1. The Kier molecular flexibility index (Phi) is 14.7. The Morgan fingerprint density at radius 3 is 1.89 bits per heavy atom. The van der Waals surface area contributed by atoms with Gasteiger partial charge in [-0.2, -0.15) is 0 Å². The standard InChI is InChI=1S/C13H28O4S.Na/c1-3-4-10-13(18(15,16)17)11-8-6-5-7-9-12(2)14;/h12-14H,3-11H2,1-2H3,(H,15,16,17);/q;+1/p-1. The van der Waals surface area contributed by atoms with E-state index in [4.69, 9.17) is 5.11 Å². The van der Waals surface area contributed by atoms with Crippen LogP contribution in [0.3, 0.4) is 0 Å². The third-order valence-corrected chi connectivity index (χ3v) is 4.47. The molecular formula is C13H27NaO4S. The minimum Gasteiger partial charge on any atom is -0.748 e. The predicted molar refractivity (Wildman–Crippen MR) is 72.4 cm³/mol. The minimum absolute atomic E-state index is 0. The van der Waals surface area contributed by atoms with E-state index in [9.17, 15) is 13.0 Å². The van der Waals surface area contributed by atoms with Crippen molar-refractivity contribution in [3.63, 3.8) is 0 Å². The van der Waals surface area contributed by atoms with Crippen molar-refractivity contribution in [1.29, 1.82) is 0 Å². The molecule has 0 amide bonds. The SMILES string of the molecule is CCCCC(CCCCCCC(C)O)S(=O)(=O)[O-].[Na+]. The molecule has 0 spiro atoms. The van der Waals surface area contributed by atoms with Crippen LogP contribution < -0.4 is 29.6 Å². The van der Waals surface area contributed by atoms with E-state index in [0.717, 1.165) is 44.9 Å². The summed E-state index contributed by atoms with van der Waals surface area (Å²) in [6, 6.07) is 0. The number of hydrogen-bond donors (Lipinski definition) is 1. The van der Waals surface area contributed by atoms with Crippen molar-refractivity contribution in [2.45, 2.75) is 83.0 Å². The van der Waals surface area contributed by atoms with Crippen LogP contribution in [-0.4, -0.2) is 29.4 Å². The van der Waals surface area contributed by atoms with Crippen LogP contribution in [0, 0.1) is 0 Å². The summed E-state index contributed by atoms with van der Waals surface area (Å²) < 4.78 is 33.2. The average molecular weight is 302 g/mol. The van der Waals surface area contributed by atoms with Crippen LogP contribution in [0.4, 0.5) is 0 Å². The van der Waals surface area contributed by atoms with Gasteiger partial charge in [0.15, 0.2) is 0 Å².